The molecule has 1 rings (SSSR count). The van der Waals surface area contributed by atoms with Gasteiger partial charge in [0.15, 0.2) is 0 Å². The quantitative estimate of drug-likeness (QED) is 0.820. The molecule has 0 aliphatic heterocycles. The number of carbonyl (C=O) groups is 1. The van der Waals surface area contributed by atoms with E-state index in [0.717, 1.165) is 0 Å². The van der Waals surface area contributed by atoms with Gasteiger partial charge in [0.25, 0.3) is 0 Å². The number of alkyl halides is 3. The summed E-state index contributed by atoms with van der Waals surface area (Å²) in [7, 11) is 0. The van der Waals surface area contributed by atoms with Crippen LogP contribution in [0.5, 0.6) is 0 Å². The van der Waals surface area contributed by atoms with Gasteiger partial charge in [-0.2, -0.15) is 13.2 Å². The first-order valence-electron chi connectivity index (χ1n) is 6.36. The van der Waals surface area contributed by atoms with Gasteiger partial charge in [0, 0.05) is 5.92 Å². The summed E-state index contributed by atoms with van der Waals surface area (Å²) in [6, 6.07) is -0.358. The lowest BCUT2D eigenvalue weighted by Crippen LogP contribution is -2.43. The maximum atomic E-state index is 12.6. The largest absolute Gasteiger partial charge is 0.394 e. The van der Waals surface area contributed by atoms with E-state index in [1.54, 1.807) is 6.92 Å². The van der Waals surface area contributed by atoms with Crippen molar-refractivity contribution in [1.29, 1.82) is 0 Å². The fraction of sp³-hybridized carbons (Fsp3) is 0.917. The number of carbonyl (C=O) groups excluding carboxylic acids is 1. The number of aliphatic hydroxyl groups excluding tert-OH is 1. The van der Waals surface area contributed by atoms with E-state index in [-0.39, 0.29) is 31.4 Å². The number of hydrogen-bond acceptors (Lipinski definition) is 2. The van der Waals surface area contributed by atoms with E-state index < -0.39 is 18.0 Å². The number of nitrogens with one attached hydrogen (secondary N) is 1. The number of rotatable bonds is 4. The van der Waals surface area contributed by atoms with Crippen LogP contribution in [-0.2, 0) is 4.79 Å². The van der Waals surface area contributed by atoms with Crippen molar-refractivity contribution in [3.8, 4) is 0 Å². The monoisotopic (exact) mass is 267 g/mol. The molecule has 0 aromatic heterocycles. The van der Waals surface area contributed by atoms with Crippen LogP contribution in [-0.4, -0.2) is 29.8 Å². The van der Waals surface area contributed by atoms with Gasteiger partial charge in [-0.25, -0.2) is 0 Å². The van der Waals surface area contributed by atoms with Crippen molar-refractivity contribution in [3.05, 3.63) is 0 Å². The number of amides is 1. The molecule has 3 nitrogen and oxygen atoms in total. The van der Waals surface area contributed by atoms with Gasteiger partial charge in [0.1, 0.15) is 0 Å². The molecule has 1 fully saturated rings. The Morgan fingerprint density at radius 2 is 2.11 bits per heavy atom. The lowest BCUT2D eigenvalue weighted by atomic mass is 9.80. The van der Waals surface area contributed by atoms with Crippen LogP contribution >= 0.6 is 0 Å². The van der Waals surface area contributed by atoms with Crippen molar-refractivity contribution in [2.24, 2.45) is 11.8 Å². The molecule has 1 aliphatic rings. The van der Waals surface area contributed by atoms with Crippen LogP contribution < -0.4 is 5.32 Å². The topological polar surface area (TPSA) is 49.3 Å². The summed E-state index contributed by atoms with van der Waals surface area (Å²) in [6.07, 6.45) is -2.72. The highest BCUT2D eigenvalue weighted by Gasteiger charge is 2.43. The van der Waals surface area contributed by atoms with E-state index in [2.05, 4.69) is 5.32 Å². The van der Waals surface area contributed by atoms with Crippen molar-refractivity contribution in [2.75, 3.05) is 6.61 Å². The molecule has 0 bridgehead atoms. The second kappa shape index (κ2) is 6.41. The maximum absolute atomic E-state index is 12.6. The zero-order valence-corrected chi connectivity index (χ0v) is 10.5. The van der Waals surface area contributed by atoms with E-state index in [0.29, 0.717) is 19.3 Å². The first-order valence-corrected chi connectivity index (χ1v) is 6.36. The number of hydrogen-bond donors (Lipinski definition) is 2. The lowest BCUT2D eigenvalue weighted by Gasteiger charge is -2.30. The first-order chi connectivity index (χ1) is 8.38. The van der Waals surface area contributed by atoms with Crippen LogP contribution in [0, 0.1) is 11.8 Å². The molecular formula is C12H20F3NO2. The molecule has 2 N–H and O–H groups in total. The van der Waals surface area contributed by atoms with Crippen molar-refractivity contribution in [3.63, 3.8) is 0 Å². The minimum absolute atomic E-state index is 0.116. The predicted octanol–water partition coefficient (Wildman–Crippen LogP) is 2.24. The van der Waals surface area contributed by atoms with Gasteiger partial charge in [-0.05, 0) is 25.7 Å². The van der Waals surface area contributed by atoms with E-state index in [1.807, 2.05) is 0 Å². The summed E-state index contributed by atoms with van der Waals surface area (Å²) in [5.41, 5.74) is 0. The number of aliphatic hydroxyl groups is 1. The van der Waals surface area contributed by atoms with E-state index >= 15 is 0 Å². The maximum Gasteiger partial charge on any atom is 0.391 e. The molecule has 1 aliphatic carbocycles. The lowest BCUT2D eigenvalue weighted by molar-refractivity contribution is -0.186. The fourth-order valence-corrected chi connectivity index (χ4v) is 2.32. The van der Waals surface area contributed by atoms with E-state index in [1.165, 1.54) is 0 Å². The van der Waals surface area contributed by atoms with Crippen molar-refractivity contribution in [1.82, 2.24) is 5.32 Å². The molecule has 1 saturated carbocycles. The Kier molecular flexibility index (Phi) is 5.44. The molecule has 18 heavy (non-hydrogen) atoms. The zero-order valence-electron chi connectivity index (χ0n) is 10.5. The van der Waals surface area contributed by atoms with Crippen LogP contribution in [0.3, 0.4) is 0 Å². The summed E-state index contributed by atoms with van der Waals surface area (Å²) in [5, 5.41) is 11.6. The normalized spacial score (nSPS) is 26.7. The van der Waals surface area contributed by atoms with Gasteiger partial charge in [0.2, 0.25) is 5.91 Å². The highest BCUT2D eigenvalue weighted by atomic mass is 19.4. The summed E-state index contributed by atoms with van der Waals surface area (Å²) in [5.74, 6) is -2.30. The van der Waals surface area contributed by atoms with E-state index in [4.69, 9.17) is 5.11 Å². The van der Waals surface area contributed by atoms with Crippen molar-refractivity contribution in [2.45, 2.75) is 51.2 Å². The Bertz CT molecular complexity index is 277. The molecule has 0 aromatic rings. The third-order valence-electron chi connectivity index (χ3n) is 3.57. The van der Waals surface area contributed by atoms with E-state index in [9.17, 15) is 18.0 Å². The van der Waals surface area contributed by atoms with Crippen LogP contribution in [0.1, 0.15) is 39.0 Å². The summed E-state index contributed by atoms with van der Waals surface area (Å²) in [6.45, 7) is 1.62. The van der Waals surface area contributed by atoms with Gasteiger partial charge < -0.3 is 10.4 Å². The smallest absolute Gasteiger partial charge is 0.391 e. The van der Waals surface area contributed by atoms with Crippen LogP contribution in [0.15, 0.2) is 0 Å². The average molecular weight is 267 g/mol. The third-order valence-corrected chi connectivity index (χ3v) is 3.57. The molecule has 6 heteroatoms. The Labute approximate surface area is 105 Å². The van der Waals surface area contributed by atoms with Crippen molar-refractivity contribution >= 4 is 5.91 Å². The first kappa shape index (κ1) is 15.3. The molecule has 3 atom stereocenters. The highest BCUT2D eigenvalue weighted by Crippen LogP contribution is 2.39. The molecule has 2 unspecified atom stereocenters. The van der Waals surface area contributed by atoms with Crippen LogP contribution in [0.25, 0.3) is 0 Å². The summed E-state index contributed by atoms with van der Waals surface area (Å²) < 4.78 is 37.8. The molecule has 1 amide bonds. The standard InChI is InChI=1S/C12H20F3NO2/c1-2-10(7-17)16-11(18)8-4-3-5-9(6-8)12(13,14)15/h8-10,17H,2-7H2,1H3,(H,16,18)/t8?,9?,10-/m0/s1. The summed E-state index contributed by atoms with van der Waals surface area (Å²) in [4.78, 5) is 11.8. The SMILES string of the molecule is CC[C@@H](CO)NC(=O)C1CCCC(C(F)(F)F)C1. The average Bonchev–Trinajstić information content (AvgIpc) is 2.34. The fourth-order valence-electron chi connectivity index (χ4n) is 2.32. The molecule has 0 saturated heterocycles. The molecule has 0 radical (unpaired) electrons. The minimum atomic E-state index is -4.21. The Morgan fingerprint density at radius 1 is 1.44 bits per heavy atom. The Balaban J connectivity index is 2.53. The Hall–Kier alpha value is -0.780. The highest BCUT2D eigenvalue weighted by molar-refractivity contribution is 5.79. The van der Waals surface area contributed by atoms with Gasteiger partial charge in [-0.1, -0.05) is 13.3 Å². The second-order valence-corrected chi connectivity index (χ2v) is 4.90. The Morgan fingerprint density at radius 3 is 2.61 bits per heavy atom. The molecule has 106 valence electrons. The van der Waals surface area contributed by atoms with Gasteiger partial charge in [-0.15, -0.1) is 0 Å². The number of halogens is 3. The van der Waals surface area contributed by atoms with Gasteiger partial charge >= 0.3 is 6.18 Å². The van der Waals surface area contributed by atoms with Crippen LogP contribution in [0.4, 0.5) is 13.2 Å². The molecule has 0 heterocycles. The van der Waals surface area contributed by atoms with Gasteiger partial charge in [0.05, 0.1) is 18.6 Å². The molecule has 0 spiro atoms. The molecule has 0 aromatic carbocycles. The third kappa shape index (κ3) is 4.15. The molecular weight excluding hydrogens is 247 g/mol. The van der Waals surface area contributed by atoms with Gasteiger partial charge in [-0.3, -0.25) is 4.79 Å². The predicted molar refractivity (Wildman–Crippen MR) is 60.8 cm³/mol. The second-order valence-electron chi connectivity index (χ2n) is 4.90. The van der Waals surface area contributed by atoms with Crippen LogP contribution in [0.2, 0.25) is 0 Å². The zero-order chi connectivity index (χ0) is 13.8. The minimum Gasteiger partial charge on any atom is -0.394 e. The van der Waals surface area contributed by atoms with Crippen molar-refractivity contribution < 1.29 is 23.1 Å². The summed E-state index contributed by atoms with van der Waals surface area (Å²) >= 11 is 0.